The first-order valence-corrected chi connectivity index (χ1v) is 17.0. The lowest BCUT2D eigenvalue weighted by Crippen LogP contribution is -2.68. The van der Waals surface area contributed by atoms with Gasteiger partial charge in [-0.05, 0) is 38.8 Å². The number of aryl methyl sites for hydroxylation is 1. The number of rotatable bonds is 5. The van der Waals surface area contributed by atoms with Crippen LogP contribution in [-0.4, -0.2) is 16.1 Å². The Morgan fingerprint density at radius 1 is 0.767 bits per heavy atom. The van der Waals surface area contributed by atoms with Crippen molar-refractivity contribution in [2.24, 2.45) is 0 Å². The fourth-order valence-corrected chi connectivity index (χ4v) is 14.2. The molecule has 30 heavy (non-hydrogen) atoms. The van der Waals surface area contributed by atoms with Crippen LogP contribution < -0.4 is 15.6 Å². The Balaban J connectivity index is 2.49. The summed E-state index contributed by atoms with van der Waals surface area (Å²) >= 11 is 0. The molecule has 0 saturated carbocycles. The molecular weight excluding hydrogens is 392 g/mol. The van der Waals surface area contributed by atoms with E-state index in [1.54, 1.807) is 21.1 Å². The van der Waals surface area contributed by atoms with Gasteiger partial charge in [-0.1, -0.05) is 127 Å². The second-order valence-electron chi connectivity index (χ2n) is 10.9. The van der Waals surface area contributed by atoms with Crippen LogP contribution in [0, 0.1) is 6.92 Å². The quantitative estimate of drug-likeness (QED) is 0.469. The van der Waals surface area contributed by atoms with Crippen molar-refractivity contribution < 1.29 is 0 Å². The molecule has 2 aromatic rings. The average molecular weight is 433 g/mol. The summed E-state index contributed by atoms with van der Waals surface area (Å²) in [6.07, 6.45) is 2.62. The molecule has 2 heteroatoms. The Morgan fingerprint density at radius 2 is 1.33 bits per heavy atom. The summed E-state index contributed by atoms with van der Waals surface area (Å²) in [6.45, 7) is 24.2. The molecule has 0 spiro atoms. The molecule has 0 amide bonds. The van der Waals surface area contributed by atoms with E-state index in [9.17, 15) is 0 Å². The van der Waals surface area contributed by atoms with Gasteiger partial charge >= 0.3 is 0 Å². The fourth-order valence-electron chi connectivity index (χ4n) is 5.92. The minimum atomic E-state index is -2.22. The number of benzene rings is 2. The second-order valence-corrected chi connectivity index (χ2v) is 21.0. The molecule has 1 aliphatic carbocycles. The highest BCUT2D eigenvalue weighted by molar-refractivity contribution is 7.06. The van der Waals surface area contributed by atoms with Gasteiger partial charge in [0, 0.05) is 5.04 Å². The minimum Gasteiger partial charge on any atom is -0.0733 e. The summed E-state index contributed by atoms with van der Waals surface area (Å²) in [5, 5.41) is 4.84. The normalized spacial score (nSPS) is 21.8. The van der Waals surface area contributed by atoms with Gasteiger partial charge in [-0.3, -0.25) is 0 Å². The third-order valence-corrected chi connectivity index (χ3v) is 16.1. The first kappa shape index (κ1) is 23.0. The molecule has 0 nitrogen and oxygen atoms in total. The van der Waals surface area contributed by atoms with E-state index >= 15 is 0 Å². The third-order valence-electron chi connectivity index (χ3n) is 7.75. The maximum Gasteiger partial charge on any atom is 0.133 e. The fraction of sp³-hybridized carbons (Fsp3) is 0.429. The van der Waals surface area contributed by atoms with E-state index in [1.165, 1.54) is 16.7 Å². The van der Waals surface area contributed by atoms with Crippen molar-refractivity contribution in [3.05, 3.63) is 76.9 Å². The lowest BCUT2D eigenvalue weighted by atomic mass is 10.0. The minimum absolute atomic E-state index is 0.0706. The molecule has 2 aromatic carbocycles. The molecular formula is C28H40Si2. The van der Waals surface area contributed by atoms with Gasteiger partial charge in [0.25, 0.3) is 0 Å². The van der Waals surface area contributed by atoms with E-state index in [4.69, 9.17) is 0 Å². The number of hydrogen-bond donors (Lipinski definition) is 0. The van der Waals surface area contributed by atoms with Crippen molar-refractivity contribution in [1.29, 1.82) is 0 Å². The molecule has 0 radical (unpaired) electrons. The van der Waals surface area contributed by atoms with Gasteiger partial charge in [-0.25, -0.2) is 0 Å². The maximum absolute atomic E-state index is 2.62. The third kappa shape index (κ3) is 3.42. The molecule has 160 valence electrons. The molecule has 0 bridgehead atoms. The molecule has 0 N–H and O–H groups in total. The highest BCUT2D eigenvalue weighted by Crippen LogP contribution is 2.56. The first-order chi connectivity index (χ1) is 13.9. The zero-order valence-electron chi connectivity index (χ0n) is 20.8. The zero-order chi connectivity index (χ0) is 22.5. The molecule has 1 aliphatic rings. The standard InChI is InChI=1S/C28H40Si2/c1-20(2)30(25-14-12-11-13-15-25,28(7)19-22(4)23(5)24(28)6)27-17-21(3)16-26(18-27)29(8,9)10/h11-20H,1-10H3. The monoisotopic (exact) mass is 432 g/mol. The first-order valence-electron chi connectivity index (χ1n) is 11.4. The van der Waals surface area contributed by atoms with Crippen LogP contribution in [-0.2, 0) is 0 Å². The van der Waals surface area contributed by atoms with Gasteiger partial charge in [0.05, 0.1) is 8.07 Å². The summed E-state index contributed by atoms with van der Waals surface area (Å²) < 4.78 is 0. The lowest BCUT2D eigenvalue weighted by molar-refractivity contribution is 0.820. The second kappa shape index (κ2) is 7.80. The highest BCUT2D eigenvalue weighted by Gasteiger charge is 2.56. The van der Waals surface area contributed by atoms with E-state index in [0.29, 0.717) is 5.54 Å². The Morgan fingerprint density at radius 3 is 1.80 bits per heavy atom. The van der Waals surface area contributed by atoms with Gasteiger partial charge in [0.1, 0.15) is 8.07 Å². The molecule has 0 heterocycles. The van der Waals surface area contributed by atoms with Crippen molar-refractivity contribution in [3.8, 4) is 0 Å². The van der Waals surface area contributed by atoms with Crippen molar-refractivity contribution >= 4 is 31.7 Å². The summed E-state index contributed by atoms with van der Waals surface area (Å²) in [5.41, 5.74) is 6.51. The largest absolute Gasteiger partial charge is 0.133 e. The SMILES string of the molecule is CC1=CC(C)([Si](c2ccccc2)(c2cc(C)cc([Si](C)(C)C)c2)C(C)C)C(C)=C1C. The predicted molar refractivity (Wildman–Crippen MR) is 141 cm³/mol. The van der Waals surface area contributed by atoms with Gasteiger partial charge in [0.15, 0.2) is 0 Å². The van der Waals surface area contributed by atoms with Crippen molar-refractivity contribution in [1.82, 2.24) is 0 Å². The van der Waals surface area contributed by atoms with Crippen LogP contribution >= 0.6 is 0 Å². The maximum atomic E-state index is 2.62. The Labute approximate surface area is 187 Å². The Hall–Kier alpha value is -1.65. The molecule has 0 aromatic heterocycles. The van der Waals surface area contributed by atoms with E-state index in [-0.39, 0.29) is 5.04 Å². The molecule has 2 unspecified atom stereocenters. The molecule has 0 saturated heterocycles. The highest BCUT2D eigenvalue weighted by atomic mass is 28.3. The van der Waals surface area contributed by atoms with E-state index in [0.717, 1.165) is 0 Å². The molecule has 0 aliphatic heterocycles. The Bertz CT molecular complexity index is 1000. The van der Waals surface area contributed by atoms with E-state index in [2.05, 4.69) is 123 Å². The van der Waals surface area contributed by atoms with Crippen LogP contribution in [0.4, 0.5) is 0 Å². The van der Waals surface area contributed by atoms with Gasteiger partial charge in [0.2, 0.25) is 0 Å². The van der Waals surface area contributed by atoms with Crippen molar-refractivity contribution in [2.45, 2.75) is 78.7 Å². The van der Waals surface area contributed by atoms with Gasteiger partial charge < -0.3 is 0 Å². The zero-order valence-corrected chi connectivity index (χ0v) is 22.8. The smallest absolute Gasteiger partial charge is 0.0733 e. The van der Waals surface area contributed by atoms with Crippen LogP contribution in [0.3, 0.4) is 0 Å². The summed E-state index contributed by atoms with van der Waals surface area (Å²) in [7, 11) is -3.64. The van der Waals surface area contributed by atoms with Gasteiger partial charge in [-0.2, -0.15) is 0 Å². The van der Waals surface area contributed by atoms with Crippen LogP contribution in [0.15, 0.2) is 71.3 Å². The van der Waals surface area contributed by atoms with Crippen LogP contribution in [0.25, 0.3) is 0 Å². The number of allylic oxidation sites excluding steroid dienone is 4. The lowest BCUT2D eigenvalue weighted by Gasteiger charge is -2.50. The van der Waals surface area contributed by atoms with Gasteiger partial charge in [-0.15, -0.1) is 0 Å². The number of hydrogen-bond acceptors (Lipinski definition) is 0. The van der Waals surface area contributed by atoms with Crippen molar-refractivity contribution in [3.63, 3.8) is 0 Å². The molecule has 3 rings (SSSR count). The molecule has 0 fully saturated rings. The van der Waals surface area contributed by atoms with E-state index < -0.39 is 16.1 Å². The van der Waals surface area contributed by atoms with Crippen LogP contribution in [0.5, 0.6) is 0 Å². The Kier molecular flexibility index (Phi) is 5.99. The predicted octanol–water partition coefficient (Wildman–Crippen LogP) is 6.57. The average Bonchev–Trinajstić information content (AvgIpc) is 2.85. The summed E-state index contributed by atoms with van der Waals surface area (Å²) in [6, 6.07) is 19.1. The van der Waals surface area contributed by atoms with E-state index in [1.807, 2.05) is 0 Å². The van der Waals surface area contributed by atoms with Crippen LogP contribution in [0.1, 0.15) is 47.1 Å². The molecule has 2 atom stereocenters. The topological polar surface area (TPSA) is 0 Å². The van der Waals surface area contributed by atoms with Crippen molar-refractivity contribution in [2.75, 3.05) is 0 Å². The summed E-state index contributed by atoms with van der Waals surface area (Å²) in [5.74, 6) is 0. The summed E-state index contributed by atoms with van der Waals surface area (Å²) in [4.78, 5) is 0. The van der Waals surface area contributed by atoms with Crippen LogP contribution in [0.2, 0.25) is 30.2 Å².